The molecule has 0 aromatic heterocycles. The molecule has 0 aliphatic heterocycles. The van der Waals surface area contributed by atoms with Gasteiger partial charge in [-0.3, -0.25) is 0 Å². The second-order valence-corrected chi connectivity index (χ2v) is 17.0. The van der Waals surface area contributed by atoms with Crippen molar-refractivity contribution in [1.82, 2.24) is 0 Å². The van der Waals surface area contributed by atoms with E-state index in [9.17, 15) is 5.11 Å². The van der Waals surface area contributed by atoms with E-state index in [0.29, 0.717) is 0 Å². The normalized spacial score (nSPS) is 9.31. The van der Waals surface area contributed by atoms with Crippen molar-refractivity contribution in [3.8, 4) is 5.75 Å². The molecule has 32 heavy (non-hydrogen) atoms. The largest absolute Gasteiger partial charge is 1.00 e. The molecule has 4 heteroatoms. The number of fused-ring (bicyclic) bond motifs is 2. The van der Waals surface area contributed by atoms with Crippen LogP contribution in [0.25, 0.3) is 21.5 Å². The fourth-order valence-electron chi connectivity index (χ4n) is 3.03. The third-order valence-corrected chi connectivity index (χ3v) is 4.27. The van der Waals surface area contributed by atoms with E-state index < -0.39 is 0 Å². The van der Waals surface area contributed by atoms with Crippen LogP contribution in [-0.4, -0.2) is 5.43 Å². The van der Waals surface area contributed by atoms with Crippen LogP contribution >= 0.6 is 0 Å². The van der Waals surface area contributed by atoms with E-state index in [4.69, 9.17) is 0 Å². The Morgan fingerprint density at radius 3 is 1.31 bits per heavy atom. The van der Waals surface area contributed by atoms with E-state index in [1.54, 1.807) is 35.5 Å². The summed E-state index contributed by atoms with van der Waals surface area (Å²) in [6.07, 6.45) is 0. The van der Waals surface area contributed by atoms with Crippen molar-refractivity contribution in [2.24, 2.45) is 0 Å². The molecule has 0 saturated heterocycles. The van der Waals surface area contributed by atoms with Crippen molar-refractivity contribution < 1.29 is 40.8 Å². The summed E-state index contributed by atoms with van der Waals surface area (Å²) in [6, 6.07) is 34.0. The van der Waals surface area contributed by atoms with Gasteiger partial charge in [-0.05, 0) is 0 Å². The van der Waals surface area contributed by atoms with Gasteiger partial charge in [0.05, 0.1) is 0 Å². The van der Waals surface area contributed by atoms with E-state index in [1.165, 1.54) is 44.8 Å². The number of hydrogen-bond donors (Lipinski definition) is 0. The Balaban J connectivity index is 0.000000222. The van der Waals surface area contributed by atoms with E-state index in [2.05, 4.69) is 99.7 Å². The molecular formula is C28H29ClOSiZr-2. The predicted octanol–water partition coefficient (Wildman–Crippen LogP) is 4.28. The number of benzene rings is 3. The van der Waals surface area contributed by atoms with E-state index in [0.717, 1.165) is 0 Å². The first-order valence-electron chi connectivity index (χ1n) is 10.3. The van der Waals surface area contributed by atoms with E-state index in [1.807, 2.05) is 6.07 Å². The molecule has 0 spiro atoms. The first-order chi connectivity index (χ1) is 14.8. The molecule has 0 amide bonds. The van der Waals surface area contributed by atoms with Crippen LogP contribution in [0.4, 0.5) is 0 Å². The van der Waals surface area contributed by atoms with Crippen LogP contribution < -0.4 is 17.5 Å². The molecule has 0 heterocycles. The zero-order valence-electron chi connectivity index (χ0n) is 19.1. The van der Waals surface area contributed by atoms with Gasteiger partial charge in [-0.15, -0.1) is 87.0 Å². The Morgan fingerprint density at radius 1 is 0.656 bits per heavy atom. The van der Waals surface area contributed by atoms with Gasteiger partial charge >= 0.3 is 41.9 Å². The van der Waals surface area contributed by atoms with Crippen LogP contribution in [0.5, 0.6) is 5.75 Å². The van der Waals surface area contributed by atoms with E-state index >= 15 is 0 Å². The summed E-state index contributed by atoms with van der Waals surface area (Å²) >= 11 is 1.74. The summed E-state index contributed by atoms with van der Waals surface area (Å²) in [6.45, 7) is 8.87. The summed E-state index contributed by atoms with van der Waals surface area (Å²) in [4.78, 5) is 0. The van der Waals surface area contributed by atoms with Crippen LogP contribution in [0.2, 0.25) is 13.1 Å². The first-order valence-corrected chi connectivity index (χ1v) is 16.5. The van der Waals surface area contributed by atoms with Crippen molar-refractivity contribution in [1.29, 1.82) is 0 Å². The zero-order valence-corrected chi connectivity index (χ0v) is 23.3. The standard InChI is InChI=1S/2C10H9.C6H6O.C2H6Si.ClH.Zr/c2*1-8-6-9-4-2-3-5-10(9)7-8;7-6-4-2-1-3-5-6;1-3-2;;/h2*2-7H,1H3;1-5,7H;1-2H3;1H;/q2*-1;;;;+2/p-2. The molecule has 0 aliphatic carbocycles. The summed E-state index contributed by atoms with van der Waals surface area (Å²) in [5, 5.41) is 15.7. The Labute approximate surface area is 213 Å². The van der Waals surface area contributed by atoms with Crippen LogP contribution in [0, 0.1) is 13.8 Å². The van der Waals surface area contributed by atoms with Crippen LogP contribution in [0.15, 0.2) is 103 Å². The van der Waals surface area contributed by atoms with Crippen molar-refractivity contribution in [2.75, 3.05) is 0 Å². The van der Waals surface area contributed by atoms with Gasteiger partial charge in [0.1, 0.15) is 0 Å². The molecule has 5 rings (SSSR count). The summed E-state index contributed by atoms with van der Waals surface area (Å²) in [7, 11) is 0. The van der Waals surface area contributed by atoms with Crippen LogP contribution in [0.1, 0.15) is 11.1 Å². The minimum Gasteiger partial charge on any atom is -1.00 e. The number of para-hydroxylation sites is 1. The third-order valence-electron chi connectivity index (χ3n) is 4.27. The van der Waals surface area contributed by atoms with Crippen molar-refractivity contribution in [2.45, 2.75) is 26.9 Å². The van der Waals surface area contributed by atoms with Gasteiger partial charge in [-0.1, -0.05) is 56.3 Å². The second-order valence-electron chi connectivity index (χ2n) is 7.64. The molecule has 0 atom stereocenters. The van der Waals surface area contributed by atoms with Crippen molar-refractivity contribution in [3.63, 3.8) is 0 Å². The molecule has 164 valence electrons. The number of halogens is 1. The summed E-state index contributed by atoms with van der Waals surface area (Å²) in [5.41, 5.74) is 2.91. The van der Waals surface area contributed by atoms with Gasteiger partial charge in [0.2, 0.25) is 0 Å². The SMILES string of the molecule is C[Si](C)=[Zr+2].Cc1cc2ccccc2[cH-]1.Cc1cc2ccccc2[cH-]1.[Cl-].[O-]c1ccccc1. The van der Waals surface area contributed by atoms with Gasteiger partial charge in [0.25, 0.3) is 0 Å². The average Bonchev–Trinajstić information content (AvgIpc) is 3.29. The monoisotopic (exact) mass is 534 g/mol. The minimum absolute atomic E-state index is 0. The Morgan fingerprint density at radius 2 is 1.00 bits per heavy atom. The maximum Gasteiger partial charge on any atom is -0.0579 e. The molecular weight excluding hydrogens is 507 g/mol. The van der Waals surface area contributed by atoms with Gasteiger partial charge < -0.3 is 17.5 Å². The molecule has 0 aliphatic rings. The van der Waals surface area contributed by atoms with Gasteiger partial charge in [-0.25, -0.2) is 0 Å². The van der Waals surface area contributed by atoms with Gasteiger partial charge in [0.15, 0.2) is 0 Å². The number of aryl methyl sites for hydroxylation is 2. The maximum atomic E-state index is 10.3. The van der Waals surface area contributed by atoms with E-state index in [-0.39, 0.29) is 23.6 Å². The Hall–Kier alpha value is -1.93. The zero-order chi connectivity index (χ0) is 22.6. The molecule has 1 nitrogen and oxygen atoms in total. The molecule has 0 fully saturated rings. The molecule has 0 bridgehead atoms. The van der Waals surface area contributed by atoms with Crippen LogP contribution in [0.3, 0.4) is 0 Å². The average molecular weight is 536 g/mol. The molecule has 5 aromatic rings. The van der Waals surface area contributed by atoms with Gasteiger partial charge in [-0.2, -0.15) is 12.1 Å². The van der Waals surface area contributed by atoms with Gasteiger partial charge in [0, 0.05) is 0 Å². The summed E-state index contributed by atoms with van der Waals surface area (Å²) in [5.74, 6) is 0.0718. The Kier molecular flexibility index (Phi) is 13.2. The quantitative estimate of drug-likeness (QED) is 0.214. The maximum absolute atomic E-state index is 10.3. The van der Waals surface area contributed by atoms with Crippen molar-refractivity contribution >= 4 is 27.0 Å². The molecule has 0 N–H and O–H groups in total. The molecule has 0 unspecified atom stereocenters. The number of hydrogen-bond acceptors (Lipinski definition) is 1. The fourth-order valence-corrected chi connectivity index (χ4v) is 3.03. The molecule has 5 aromatic carbocycles. The second kappa shape index (κ2) is 15.0. The van der Waals surface area contributed by atoms with Crippen LogP contribution in [-0.2, 0) is 23.3 Å². The van der Waals surface area contributed by atoms with Crippen molar-refractivity contribution in [3.05, 3.63) is 114 Å². The predicted molar refractivity (Wildman–Crippen MR) is 132 cm³/mol. The smallest absolute Gasteiger partial charge is 0.0579 e. The third kappa shape index (κ3) is 10.6. The topological polar surface area (TPSA) is 23.1 Å². The number of rotatable bonds is 0. The summed E-state index contributed by atoms with van der Waals surface area (Å²) < 4.78 is 0. The minimum atomic E-state index is 0. The fraction of sp³-hybridized carbons (Fsp3) is 0.143. The first kappa shape index (κ1) is 28.1. The Bertz CT molecular complexity index is 1070. The molecule has 0 radical (unpaired) electrons. The molecule has 0 saturated carbocycles.